The molecule has 1 heterocycles. The standard InChI is InChI=1S/C9H19N.C2H6/c1-3-9(2)6-4-5-7-10-8-9;1-2/h10H,3-8H2,1-2H3;1-2H3. The van der Waals surface area contributed by atoms with Gasteiger partial charge in [-0.3, -0.25) is 0 Å². The minimum Gasteiger partial charge on any atom is -0.316 e. The van der Waals surface area contributed by atoms with Crippen molar-refractivity contribution in [1.82, 2.24) is 5.32 Å². The largest absolute Gasteiger partial charge is 0.316 e. The van der Waals surface area contributed by atoms with Gasteiger partial charge < -0.3 is 5.32 Å². The molecule has 74 valence electrons. The van der Waals surface area contributed by atoms with Gasteiger partial charge in [0.25, 0.3) is 0 Å². The summed E-state index contributed by atoms with van der Waals surface area (Å²) in [6, 6.07) is 0. The molecule has 1 aliphatic heterocycles. The van der Waals surface area contributed by atoms with E-state index in [0.717, 1.165) is 0 Å². The molecule has 1 saturated heterocycles. The molecule has 0 aliphatic carbocycles. The molecule has 1 heteroatoms. The van der Waals surface area contributed by atoms with Gasteiger partial charge in [-0.05, 0) is 31.2 Å². The Kier molecular flexibility index (Phi) is 6.45. The van der Waals surface area contributed by atoms with Crippen molar-refractivity contribution in [3.8, 4) is 0 Å². The number of hydrogen-bond acceptors (Lipinski definition) is 1. The molecule has 0 spiro atoms. The average molecular weight is 171 g/mol. The number of nitrogens with one attached hydrogen (secondary N) is 1. The van der Waals surface area contributed by atoms with Crippen molar-refractivity contribution in [3.05, 3.63) is 0 Å². The predicted molar refractivity (Wildman–Crippen MR) is 56.5 cm³/mol. The van der Waals surface area contributed by atoms with Gasteiger partial charge in [0.15, 0.2) is 0 Å². The van der Waals surface area contributed by atoms with Crippen LogP contribution in [0.2, 0.25) is 0 Å². The van der Waals surface area contributed by atoms with E-state index in [1.807, 2.05) is 13.8 Å². The second-order valence-electron chi connectivity index (χ2n) is 3.80. The summed E-state index contributed by atoms with van der Waals surface area (Å²) in [6.07, 6.45) is 5.52. The third-order valence-electron chi connectivity index (χ3n) is 2.79. The Morgan fingerprint density at radius 1 is 1.25 bits per heavy atom. The summed E-state index contributed by atoms with van der Waals surface area (Å²) in [4.78, 5) is 0. The molecule has 0 saturated carbocycles. The third kappa shape index (κ3) is 4.10. The van der Waals surface area contributed by atoms with Crippen LogP contribution in [0.1, 0.15) is 53.4 Å². The molecule has 1 fully saturated rings. The summed E-state index contributed by atoms with van der Waals surface area (Å²) < 4.78 is 0. The van der Waals surface area contributed by atoms with E-state index in [-0.39, 0.29) is 0 Å². The summed E-state index contributed by atoms with van der Waals surface area (Å²) >= 11 is 0. The van der Waals surface area contributed by atoms with Gasteiger partial charge in [-0.15, -0.1) is 0 Å². The zero-order valence-corrected chi connectivity index (χ0v) is 9.24. The van der Waals surface area contributed by atoms with Crippen LogP contribution >= 0.6 is 0 Å². The molecule has 0 radical (unpaired) electrons. The van der Waals surface area contributed by atoms with Gasteiger partial charge in [0, 0.05) is 6.54 Å². The smallest absolute Gasteiger partial charge is 0.000506 e. The molecule has 0 aromatic carbocycles. The first-order valence-corrected chi connectivity index (χ1v) is 5.47. The molecule has 1 nitrogen and oxygen atoms in total. The van der Waals surface area contributed by atoms with E-state index in [9.17, 15) is 0 Å². The van der Waals surface area contributed by atoms with Gasteiger partial charge in [-0.25, -0.2) is 0 Å². The highest BCUT2D eigenvalue weighted by atomic mass is 14.9. The Morgan fingerprint density at radius 3 is 2.50 bits per heavy atom. The molecule has 1 unspecified atom stereocenters. The van der Waals surface area contributed by atoms with Crippen molar-refractivity contribution in [2.45, 2.75) is 53.4 Å². The molecule has 1 rings (SSSR count). The maximum absolute atomic E-state index is 3.49. The molecular weight excluding hydrogens is 146 g/mol. The van der Waals surface area contributed by atoms with E-state index < -0.39 is 0 Å². The fourth-order valence-electron chi connectivity index (χ4n) is 1.58. The van der Waals surface area contributed by atoms with Crippen LogP contribution in [0, 0.1) is 5.41 Å². The molecular formula is C11H25N. The highest BCUT2D eigenvalue weighted by Gasteiger charge is 2.22. The average Bonchev–Trinajstić information content (AvgIpc) is 2.35. The topological polar surface area (TPSA) is 12.0 Å². The molecule has 1 aliphatic rings. The minimum absolute atomic E-state index is 0.594. The predicted octanol–water partition coefficient (Wildman–Crippen LogP) is 3.20. The van der Waals surface area contributed by atoms with Crippen molar-refractivity contribution < 1.29 is 0 Å². The zero-order valence-electron chi connectivity index (χ0n) is 9.24. The Bertz CT molecular complexity index is 91.2. The van der Waals surface area contributed by atoms with Crippen LogP contribution in [0.15, 0.2) is 0 Å². The highest BCUT2D eigenvalue weighted by molar-refractivity contribution is 4.77. The SMILES string of the molecule is CC.CCC1(C)CCCCNC1. The van der Waals surface area contributed by atoms with Crippen LogP contribution in [0.3, 0.4) is 0 Å². The lowest BCUT2D eigenvalue weighted by molar-refractivity contribution is 0.286. The van der Waals surface area contributed by atoms with Gasteiger partial charge >= 0.3 is 0 Å². The van der Waals surface area contributed by atoms with Crippen LogP contribution < -0.4 is 5.32 Å². The van der Waals surface area contributed by atoms with Crippen molar-refractivity contribution in [1.29, 1.82) is 0 Å². The van der Waals surface area contributed by atoms with Crippen molar-refractivity contribution in [2.24, 2.45) is 5.41 Å². The van der Waals surface area contributed by atoms with Gasteiger partial charge in [-0.2, -0.15) is 0 Å². The van der Waals surface area contributed by atoms with Gasteiger partial charge in [0.2, 0.25) is 0 Å². The first-order valence-electron chi connectivity index (χ1n) is 5.47. The molecule has 12 heavy (non-hydrogen) atoms. The Morgan fingerprint density at radius 2 is 1.92 bits per heavy atom. The normalized spacial score (nSPS) is 30.0. The minimum atomic E-state index is 0.594. The van der Waals surface area contributed by atoms with Gasteiger partial charge in [-0.1, -0.05) is 34.1 Å². The van der Waals surface area contributed by atoms with E-state index in [1.54, 1.807) is 0 Å². The van der Waals surface area contributed by atoms with Crippen LogP contribution in [0.4, 0.5) is 0 Å². The van der Waals surface area contributed by atoms with Crippen molar-refractivity contribution in [3.63, 3.8) is 0 Å². The first kappa shape index (κ1) is 12.0. The lowest BCUT2D eigenvalue weighted by Crippen LogP contribution is -2.28. The van der Waals surface area contributed by atoms with Crippen LogP contribution in [0.5, 0.6) is 0 Å². The van der Waals surface area contributed by atoms with Crippen molar-refractivity contribution in [2.75, 3.05) is 13.1 Å². The third-order valence-corrected chi connectivity index (χ3v) is 2.79. The molecule has 1 N–H and O–H groups in total. The van der Waals surface area contributed by atoms with E-state index in [2.05, 4.69) is 19.2 Å². The summed E-state index contributed by atoms with van der Waals surface area (Å²) in [5, 5.41) is 3.49. The molecule has 1 atom stereocenters. The van der Waals surface area contributed by atoms with Crippen LogP contribution in [-0.2, 0) is 0 Å². The molecule has 0 bridgehead atoms. The first-order chi connectivity index (χ1) is 5.77. The Labute approximate surface area is 77.9 Å². The fraction of sp³-hybridized carbons (Fsp3) is 1.00. The summed E-state index contributed by atoms with van der Waals surface area (Å²) in [5.41, 5.74) is 0.594. The van der Waals surface area contributed by atoms with Gasteiger partial charge in [0.05, 0.1) is 0 Å². The van der Waals surface area contributed by atoms with Crippen LogP contribution in [0.25, 0.3) is 0 Å². The highest BCUT2D eigenvalue weighted by Crippen LogP contribution is 2.28. The van der Waals surface area contributed by atoms with Gasteiger partial charge in [0.1, 0.15) is 0 Å². The summed E-state index contributed by atoms with van der Waals surface area (Å²) in [5.74, 6) is 0. The lowest BCUT2D eigenvalue weighted by atomic mass is 9.83. The summed E-state index contributed by atoms with van der Waals surface area (Å²) in [7, 11) is 0. The maximum Gasteiger partial charge on any atom is 0.000506 e. The van der Waals surface area contributed by atoms with Crippen LogP contribution in [-0.4, -0.2) is 13.1 Å². The lowest BCUT2D eigenvalue weighted by Gasteiger charge is -2.25. The monoisotopic (exact) mass is 171 g/mol. The Hall–Kier alpha value is -0.0400. The second-order valence-corrected chi connectivity index (χ2v) is 3.80. The fourth-order valence-corrected chi connectivity index (χ4v) is 1.58. The quantitative estimate of drug-likeness (QED) is 0.639. The molecule has 0 aromatic rings. The van der Waals surface area contributed by atoms with E-state index in [0.29, 0.717) is 5.41 Å². The molecule has 0 aromatic heterocycles. The summed E-state index contributed by atoms with van der Waals surface area (Å²) in [6.45, 7) is 11.2. The number of hydrogen-bond donors (Lipinski definition) is 1. The Balaban J connectivity index is 0.000000561. The van der Waals surface area contributed by atoms with E-state index >= 15 is 0 Å². The molecule has 0 amide bonds. The van der Waals surface area contributed by atoms with E-state index in [4.69, 9.17) is 0 Å². The number of rotatable bonds is 1. The van der Waals surface area contributed by atoms with E-state index in [1.165, 1.54) is 38.8 Å². The zero-order chi connectivity index (χ0) is 9.45. The van der Waals surface area contributed by atoms with Crippen molar-refractivity contribution >= 4 is 0 Å². The maximum atomic E-state index is 3.49. The second kappa shape index (κ2) is 6.47.